The number of nitro groups is 1. The Bertz CT molecular complexity index is 1220. The Hall–Kier alpha value is -3.09. The van der Waals surface area contributed by atoms with Crippen molar-refractivity contribution >= 4 is 39.9 Å². The Morgan fingerprint density at radius 3 is 2.19 bits per heavy atom. The van der Waals surface area contributed by atoms with Crippen molar-refractivity contribution in [1.82, 2.24) is 9.13 Å². The van der Waals surface area contributed by atoms with Crippen LogP contribution < -0.4 is 5.56 Å². The third-order valence-corrected chi connectivity index (χ3v) is 4.79. The zero-order chi connectivity index (χ0) is 19.1. The van der Waals surface area contributed by atoms with Gasteiger partial charge in [0.05, 0.1) is 31.7 Å². The van der Waals surface area contributed by atoms with Gasteiger partial charge in [0.25, 0.3) is 11.2 Å². The van der Waals surface area contributed by atoms with E-state index in [1.807, 2.05) is 30.3 Å². The van der Waals surface area contributed by atoms with Crippen molar-refractivity contribution in [3.05, 3.63) is 97.4 Å². The minimum Gasteiger partial charge on any atom is -0.312 e. The van der Waals surface area contributed by atoms with Crippen LogP contribution in [0.4, 0.5) is 5.69 Å². The largest absolute Gasteiger partial charge is 0.312 e. The molecule has 8 heteroatoms. The molecule has 0 aliphatic rings. The fourth-order valence-electron chi connectivity index (χ4n) is 3.06. The van der Waals surface area contributed by atoms with Crippen molar-refractivity contribution in [2.75, 3.05) is 0 Å². The van der Waals surface area contributed by atoms with Crippen LogP contribution in [0.3, 0.4) is 0 Å². The zero-order valence-corrected chi connectivity index (χ0v) is 15.2. The number of nitro benzene ring substituents is 1. The quantitative estimate of drug-likeness (QED) is 0.359. The van der Waals surface area contributed by atoms with Gasteiger partial charge in [-0.3, -0.25) is 19.5 Å². The van der Waals surface area contributed by atoms with Gasteiger partial charge in [0.15, 0.2) is 0 Å². The fraction of sp³-hybridized carbons (Fsp3) is 0. The topological polar surface area (TPSA) is 70.1 Å². The van der Waals surface area contributed by atoms with Crippen LogP contribution in [0.25, 0.3) is 22.4 Å². The first kappa shape index (κ1) is 17.3. The first-order chi connectivity index (χ1) is 13.0. The molecule has 0 N–H and O–H groups in total. The predicted octanol–water partition coefficient (Wildman–Crippen LogP) is 5.00. The Labute approximate surface area is 162 Å². The van der Waals surface area contributed by atoms with Crippen LogP contribution in [0.5, 0.6) is 0 Å². The molecule has 4 aromatic rings. The van der Waals surface area contributed by atoms with E-state index in [2.05, 4.69) is 0 Å². The van der Waals surface area contributed by atoms with Crippen molar-refractivity contribution < 1.29 is 4.92 Å². The van der Waals surface area contributed by atoms with Gasteiger partial charge in [-0.2, -0.15) is 0 Å². The van der Waals surface area contributed by atoms with Crippen LogP contribution in [-0.2, 0) is 0 Å². The van der Waals surface area contributed by atoms with Gasteiger partial charge >= 0.3 is 0 Å². The van der Waals surface area contributed by atoms with Crippen LogP contribution >= 0.6 is 23.2 Å². The van der Waals surface area contributed by atoms with Crippen molar-refractivity contribution in [3.8, 4) is 11.4 Å². The standard InChI is InChI=1S/C19H11Cl2N3O3/c20-14-10-13(24(26)27)11-15(21)19(14)22-9-8-17-16(22)6-7-18(25)23(17)12-4-2-1-3-5-12/h1-11H. The normalized spacial score (nSPS) is 11.0. The number of aromatic nitrogens is 2. The van der Waals surface area contributed by atoms with E-state index in [1.54, 1.807) is 27.5 Å². The average molecular weight is 400 g/mol. The monoisotopic (exact) mass is 399 g/mol. The van der Waals surface area contributed by atoms with Gasteiger partial charge in [-0.25, -0.2) is 0 Å². The maximum absolute atomic E-state index is 12.5. The summed E-state index contributed by atoms with van der Waals surface area (Å²) in [7, 11) is 0. The molecule has 0 saturated carbocycles. The zero-order valence-electron chi connectivity index (χ0n) is 13.7. The summed E-state index contributed by atoms with van der Waals surface area (Å²) >= 11 is 12.6. The second-order valence-corrected chi connectivity index (χ2v) is 6.63. The van der Waals surface area contributed by atoms with Crippen molar-refractivity contribution in [2.24, 2.45) is 0 Å². The van der Waals surface area contributed by atoms with Crippen LogP contribution in [0.2, 0.25) is 10.0 Å². The molecule has 0 saturated heterocycles. The van der Waals surface area contributed by atoms with E-state index in [0.717, 1.165) is 5.69 Å². The van der Waals surface area contributed by atoms with E-state index in [1.165, 1.54) is 18.2 Å². The number of rotatable bonds is 3. The van der Waals surface area contributed by atoms with Gasteiger partial charge in [0.1, 0.15) is 0 Å². The number of non-ortho nitro benzene ring substituents is 1. The highest BCUT2D eigenvalue weighted by atomic mass is 35.5. The summed E-state index contributed by atoms with van der Waals surface area (Å²) in [5.74, 6) is 0. The second-order valence-electron chi connectivity index (χ2n) is 5.81. The Morgan fingerprint density at radius 1 is 0.889 bits per heavy atom. The van der Waals surface area contributed by atoms with E-state index in [9.17, 15) is 14.9 Å². The number of para-hydroxylation sites is 1. The van der Waals surface area contributed by atoms with Gasteiger partial charge in [0.2, 0.25) is 0 Å². The Balaban J connectivity index is 1.99. The van der Waals surface area contributed by atoms with Gasteiger partial charge in [-0.05, 0) is 24.3 Å². The molecule has 0 radical (unpaired) electrons. The molecule has 27 heavy (non-hydrogen) atoms. The highest BCUT2D eigenvalue weighted by molar-refractivity contribution is 6.38. The molecule has 2 aromatic carbocycles. The first-order valence-electron chi connectivity index (χ1n) is 7.90. The van der Waals surface area contributed by atoms with E-state index >= 15 is 0 Å². The summed E-state index contributed by atoms with van der Waals surface area (Å²) < 4.78 is 3.29. The number of benzene rings is 2. The SMILES string of the molecule is O=c1ccc2c(ccn2-c2c(Cl)cc([N+](=O)[O-])cc2Cl)n1-c1ccccc1. The fourth-order valence-corrected chi connectivity index (χ4v) is 3.72. The van der Waals surface area contributed by atoms with Crippen LogP contribution in [0, 0.1) is 10.1 Å². The molecule has 0 spiro atoms. The summed E-state index contributed by atoms with van der Waals surface area (Å²) in [6, 6.07) is 16.7. The second kappa shape index (κ2) is 6.57. The number of hydrogen-bond acceptors (Lipinski definition) is 3. The smallest absolute Gasteiger partial charge is 0.272 e. The van der Waals surface area contributed by atoms with Gasteiger partial charge in [-0.15, -0.1) is 0 Å². The van der Waals surface area contributed by atoms with Crippen LogP contribution in [0.15, 0.2) is 71.7 Å². The van der Waals surface area contributed by atoms with E-state index in [0.29, 0.717) is 16.7 Å². The molecule has 6 nitrogen and oxygen atoms in total. The van der Waals surface area contributed by atoms with Gasteiger partial charge in [0, 0.05) is 30.1 Å². The van der Waals surface area contributed by atoms with Gasteiger partial charge in [-0.1, -0.05) is 41.4 Å². The molecular formula is C19H11Cl2N3O3. The number of pyridine rings is 1. The predicted molar refractivity (Wildman–Crippen MR) is 106 cm³/mol. The molecule has 0 unspecified atom stereocenters. The lowest BCUT2D eigenvalue weighted by Gasteiger charge is -2.12. The molecule has 134 valence electrons. The number of hydrogen-bond donors (Lipinski definition) is 0. The van der Waals surface area contributed by atoms with Crippen molar-refractivity contribution in [2.45, 2.75) is 0 Å². The van der Waals surface area contributed by atoms with E-state index in [-0.39, 0.29) is 21.3 Å². The van der Waals surface area contributed by atoms with Crippen molar-refractivity contribution in [3.63, 3.8) is 0 Å². The first-order valence-corrected chi connectivity index (χ1v) is 8.65. The van der Waals surface area contributed by atoms with Crippen LogP contribution in [-0.4, -0.2) is 14.1 Å². The summed E-state index contributed by atoms with van der Waals surface area (Å²) in [4.78, 5) is 22.9. The lowest BCUT2D eigenvalue weighted by atomic mass is 10.2. The molecule has 0 bridgehead atoms. The average Bonchev–Trinajstić information content (AvgIpc) is 3.05. The molecule has 0 fully saturated rings. The third-order valence-electron chi connectivity index (χ3n) is 4.22. The van der Waals surface area contributed by atoms with Gasteiger partial charge < -0.3 is 4.57 Å². The minimum absolute atomic E-state index is 0.143. The van der Waals surface area contributed by atoms with Crippen molar-refractivity contribution in [1.29, 1.82) is 0 Å². The maximum atomic E-state index is 12.5. The third kappa shape index (κ3) is 2.89. The molecule has 0 amide bonds. The Kier molecular flexibility index (Phi) is 4.22. The molecule has 0 atom stereocenters. The lowest BCUT2D eigenvalue weighted by Crippen LogP contribution is -2.17. The number of nitrogens with zero attached hydrogens (tertiary/aromatic N) is 3. The van der Waals surface area contributed by atoms with E-state index in [4.69, 9.17) is 23.2 Å². The van der Waals surface area contributed by atoms with Crippen LogP contribution in [0.1, 0.15) is 0 Å². The minimum atomic E-state index is -0.553. The highest BCUT2D eigenvalue weighted by Gasteiger charge is 2.18. The molecular weight excluding hydrogens is 389 g/mol. The highest BCUT2D eigenvalue weighted by Crippen LogP contribution is 2.35. The number of fused-ring (bicyclic) bond motifs is 1. The van der Waals surface area contributed by atoms with E-state index < -0.39 is 4.92 Å². The number of halogens is 2. The molecule has 4 rings (SSSR count). The molecule has 2 heterocycles. The molecule has 0 aliphatic carbocycles. The summed E-state index contributed by atoms with van der Waals surface area (Å²) in [5.41, 5.74) is 2.14. The lowest BCUT2D eigenvalue weighted by molar-refractivity contribution is -0.384. The Morgan fingerprint density at radius 2 is 1.56 bits per heavy atom. The maximum Gasteiger partial charge on any atom is 0.272 e. The molecule has 0 aliphatic heterocycles. The summed E-state index contributed by atoms with van der Waals surface area (Å²) in [5, 5.41) is 11.3. The summed E-state index contributed by atoms with van der Waals surface area (Å²) in [6.07, 6.45) is 1.72. The summed E-state index contributed by atoms with van der Waals surface area (Å²) in [6.45, 7) is 0. The molecule has 2 aromatic heterocycles.